The van der Waals surface area contributed by atoms with Gasteiger partial charge in [0, 0.05) is 6.07 Å². The van der Waals surface area contributed by atoms with Crippen LogP contribution < -0.4 is 19.9 Å². The summed E-state index contributed by atoms with van der Waals surface area (Å²) in [5.41, 5.74) is 5.67. The molecule has 2 atom stereocenters. The zero-order valence-corrected chi connectivity index (χ0v) is 9.72. The van der Waals surface area contributed by atoms with Gasteiger partial charge in [-0.1, -0.05) is 0 Å². The molecule has 0 aromatic heterocycles. The predicted molar refractivity (Wildman–Crippen MR) is 63.4 cm³/mol. The molecule has 1 aliphatic heterocycles. The third kappa shape index (κ3) is 2.17. The molecule has 0 amide bonds. The molecule has 0 spiro atoms. The fourth-order valence-corrected chi connectivity index (χ4v) is 2.49. The highest BCUT2D eigenvalue weighted by molar-refractivity contribution is 5.46. The Bertz CT molecular complexity index is 408. The third-order valence-corrected chi connectivity index (χ3v) is 3.47. The van der Waals surface area contributed by atoms with E-state index < -0.39 is 0 Å². The molecule has 4 heteroatoms. The Hall–Kier alpha value is -1.42. The zero-order valence-electron chi connectivity index (χ0n) is 9.72. The summed E-state index contributed by atoms with van der Waals surface area (Å²) in [6.45, 7) is 1.07. The fourth-order valence-electron chi connectivity index (χ4n) is 2.49. The normalized spacial score (nSPS) is 26.2. The quantitative estimate of drug-likeness (QED) is 0.869. The van der Waals surface area contributed by atoms with E-state index in [-0.39, 0.29) is 0 Å². The van der Waals surface area contributed by atoms with Crippen LogP contribution in [0.3, 0.4) is 0 Å². The lowest BCUT2D eigenvalue weighted by molar-refractivity contribution is 0.173. The fraction of sp³-hybridized carbons (Fsp3) is 0.538. The number of hydrogen-bond acceptors (Lipinski definition) is 4. The van der Waals surface area contributed by atoms with E-state index >= 15 is 0 Å². The van der Waals surface area contributed by atoms with Crippen molar-refractivity contribution in [1.29, 1.82) is 0 Å². The molecule has 0 bridgehead atoms. The molecule has 92 valence electrons. The van der Waals surface area contributed by atoms with E-state index in [2.05, 4.69) is 0 Å². The summed E-state index contributed by atoms with van der Waals surface area (Å²) < 4.78 is 16.5. The number of rotatable bonds is 3. The Morgan fingerprint density at radius 1 is 1.24 bits per heavy atom. The Kier molecular flexibility index (Phi) is 2.81. The molecular formula is C13H17NO3. The first-order valence-corrected chi connectivity index (χ1v) is 6.11. The maximum absolute atomic E-state index is 5.94. The molecule has 3 rings (SSSR count). The summed E-state index contributed by atoms with van der Waals surface area (Å²) in [6, 6.07) is 5.73. The molecule has 1 aromatic rings. The van der Waals surface area contributed by atoms with Crippen LogP contribution >= 0.6 is 0 Å². The molecule has 1 aliphatic carbocycles. The molecule has 0 saturated heterocycles. The topological polar surface area (TPSA) is 53.7 Å². The highest BCUT2D eigenvalue weighted by Crippen LogP contribution is 2.36. The first-order chi connectivity index (χ1) is 8.35. The van der Waals surface area contributed by atoms with Gasteiger partial charge in [-0.2, -0.15) is 0 Å². The number of fused-ring (bicyclic) bond motifs is 1. The Morgan fingerprint density at radius 2 is 2.12 bits per heavy atom. The van der Waals surface area contributed by atoms with Gasteiger partial charge in [-0.3, -0.25) is 0 Å². The first-order valence-electron chi connectivity index (χ1n) is 6.11. The van der Waals surface area contributed by atoms with Gasteiger partial charge in [0.05, 0.1) is 6.10 Å². The largest absolute Gasteiger partial charge is 0.490 e. The summed E-state index contributed by atoms with van der Waals surface area (Å²) >= 11 is 0. The van der Waals surface area contributed by atoms with Gasteiger partial charge in [0.1, 0.15) is 5.75 Å². The van der Waals surface area contributed by atoms with Gasteiger partial charge < -0.3 is 19.9 Å². The van der Waals surface area contributed by atoms with Crippen LogP contribution in [0.5, 0.6) is 17.2 Å². The summed E-state index contributed by atoms with van der Waals surface area (Å²) in [5.74, 6) is 3.05. The van der Waals surface area contributed by atoms with Gasteiger partial charge >= 0.3 is 0 Å². The molecule has 17 heavy (non-hydrogen) atoms. The van der Waals surface area contributed by atoms with Crippen LogP contribution in [-0.4, -0.2) is 19.4 Å². The smallest absolute Gasteiger partial charge is 0.231 e. The Balaban J connectivity index is 1.65. The monoisotopic (exact) mass is 235 g/mol. The summed E-state index contributed by atoms with van der Waals surface area (Å²) in [7, 11) is 0. The van der Waals surface area contributed by atoms with E-state index in [0.29, 0.717) is 18.8 Å². The van der Waals surface area contributed by atoms with Gasteiger partial charge in [-0.15, -0.1) is 0 Å². The minimum atomic E-state index is 0.295. The van der Waals surface area contributed by atoms with Crippen LogP contribution in [0, 0.1) is 5.92 Å². The predicted octanol–water partition coefficient (Wildman–Crippen LogP) is 1.92. The molecular weight excluding hydrogens is 218 g/mol. The van der Waals surface area contributed by atoms with Crippen molar-refractivity contribution in [3.63, 3.8) is 0 Å². The molecule has 2 N–H and O–H groups in total. The van der Waals surface area contributed by atoms with Crippen molar-refractivity contribution in [2.45, 2.75) is 25.4 Å². The number of nitrogens with two attached hydrogens (primary N) is 1. The van der Waals surface area contributed by atoms with Crippen molar-refractivity contribution in [2.24, 2.45) is 11.7 Å². The molecule has 4 nitrogen and oxygen atoms in total. The highest BCUT2D eigenvalue weighted by Gasteiger charge is 2.25. The van der Waals surface area contributed by atoms with Gasteiger partial charge in [-0.25, -0.2) is 0 Å². The lowest BCUT2D eigenvalue weighted by Crippen LogP contribution is -2.15. The van der Waals surface area contributed by atoms with Gasteiger partial charge in [0.15, 0.2) is 11.5 Å². The van der Waals surface area contributed by atoms with E-state index in [1.54, 1.807) is 0 Å². The van der Waals surface area contributed by atoms with E-state index in [1.807, 2.05) is 18.2 Å². The molecule has 2 unspecified atom stereocenters. The van der Waals surface area contributed by atoms with E-state index in [1.165, 1.54) is 6.42 Å². The van der Waals surface area contributed by atoms with Gasteiger partial charge in [0.25, 0.3) is 0 Å². The molecule has 1 heterocycles. The van der Waals surface area contributed by atoms with Crippen LogP contribution in [0.25, 0.3) is 0 Å². The maximum atomic E-state index is 5.94. The van der Waals surface area contributed by atoms with Crippen molar-refractivity contribution in [1.82, 2.24) is 0 Å². The maximum Gasteiger partial charge on any atom is 0.231 e. The SMILES string of the molecule is NCC1CCC(Oc2ccc3c(c2)OCO3)C1. The standard InChI is InChI=1S/C13H17NO3/c14-7-9-1-2-10(5-9)17-11-3-4-12-13(6-11)16-8-15-12/h3-4,6,9-10H,1-2,5,7-8,14H2. The zero-order chi connectivity index (χ0) is 11.7. The highest BCUT2D eigenvalue weighted by atomic mass is 16.7. The second-order valence-corrected chi connectivity index (χ2v) is 4.67. The Labute approximate surface area is 101 Å². The van der Waals surface area contributed by atoms with Crippen LogP contribution in [0.2, 0.25) is 0 Å². The minimum absolute atomic E-state index is 0.295. The summed E-state index contributed by atoms with van der Waals surface area (Å²) in [5, 5.41) is 0. The summed E-state index contributed by atoms with van der Waals surface area (Å²) in [6.07, 6.45) is 3.62. The lowest BCUT2D eigenvalue weighted by Gasteiger charge is -2.14. The van der Waals surface area contributed by atoms with Crippen LogP contribution in [0.4, 0.5) is 0 Å². The number of hydrogen-bond donors (Lipinski definition) is 1. The number of benzene rings is 1. The second kappa shape index (κ2) is 4.45. The molecule has 2 aliphatic rings. The molecule has 1 fully saturated rings. The summed E-state index contributed by atoms with van der Waals surface area (Å²) in [4.78, 5) is 0. The van der Waals surface area contributed by atoms with Crippen LogP contribution in [-0.2, 0) is 0 Å². The van der Waals surface area contributed by atoms with Crippen molar-refractivity contribution in [3.05, 3.63) is 18.2 Å². The van der Waals surface area contributed by atoms with E-state index in [4.69, 9.17) is 19.9 Å². The molecule has 1 aromatic carbocycles. The number of ether oxygens (including phenoxy) is 3. The first kappa shape index (κ1) is 10.7. The van der Waals surface area contributed by atoms with Gasteiger partial charge in [0.2, 0.25) is 6.79 Å². The minimum Gasteiger partial charge on any atom is -0.490 e. The van der Waals surface area contributed by atoms with Crippen molar-refractivity contribution in [2.75, 3.05) is 13.3 Å². The van der Waals surface area contributed by atoms with Gasteiger partial charge in [-0.05, 0) is 43.9 Å². The van der Waals surface area contributed by atoms with E-state index in [0.717, 1.165) is 36.6 Å². The van der Waals surface area contributed by atoms with Crippen molar-refractivity contribution < 1.29 is 14.2 Å². The van der Waals surface area contributed by atoms with Crippen molar-refractivity contribution in [3.8, 4) is 17.2 Å². The second-order valence-electron chi connectivity index (χ2n) is 4.67. The average molecular weight is 235 g/mol. The molecule has 1 saturated carbocycles. The van der Waals surface area contributed by atoms with Crippen molar-refractivity contribution >= 4 is 0 Å². The molecule has 0 radical (unpaired) electrons. The Morgan fingerprint density at radius 3 is 2.94 bits per heavy atom. The average Bonchev–Trinajstić information content (AvgIpc) is 2.96. The van der Waals surface area contributed by atoms with E-state index in [9.17, 15) is 0 Å². The van der Waals surface area contributed by atoms with Crippen LogP contribution in [0.15, 0.2) is 18.2 Å². The third-order valence-electron chi connectivity index (χ3n) is 3.47. The van der Waals surface area contributed by atoms with Crippen LogP contribution in [0.1, 0.15) is 19.3 Å². The lowest BCUT2D eigenvalue weighted by atomic mass is 10.1.